The highest BCUT2D eigenvalue weighted by Crippen LogP contribution is 2.57. The van der Waals surface area contributed by atoms with Gasteiger partial charge in [-0.2, -0.15) is 0 Å². The molecule has 0 saturated heterocycles. The molecule has 2 aliphatic heterocycles. The van der Waals surface area contributed by atoms with Crippen molar-refractivity contribution in [2.75, 3.05) is 16.8 Å². The summed E-state index contributed by atoms with van der Waals surface area (Å²) in [6.07, 6.45) is 0. The molecule has 0 fully saturated rings. The Kier molecular flexibility index (Phi) is 6.28. The molecule has 1 unspecified atom stereocenters. The Bertz CT molecular complexity index is 1860. The monoisotopic (exact) mass is 620 g/mol. The van der Waals surface area contributed by atoms with Crippen LogP contribution in [0.2, 0.25) is 0 Å². The third-order valence-electron chi connectivity index (χ3n) is 7.93. The van der Waals surface area contributed by atoms with Crippen molar-refractivity contribution in [1.29, 1.82) is 0 Å². The van der Waals surface area contributed by atoms with Crippen molar-refractivity contribution in [2.45, 2.75) is 19.4 Å². The third-order valence-corrected chi connectivity index (χ3v) is 8.46. The summed E-state index contributed by atoms with van der Waals surface area (Å²) in [5.74, 6) is 0.547. The number of esters is 1. The van der Waals surface area contributed by atoms with Gasteiger partial charge >= 0.3 is 5.97 Å². The second kappa shape index (κ2) is 10.0. The first kappa shape index (κ1) is 26.3. The zero-order chi connectivity index (χ0) is 29.0. The maximum atomic E-state index is 13.6. The van der Waals surface area contributed by atoms with Crippen LogP contribution in [-0.2, 0) is 10.3 Å². The molecule has 0 radical (unpaired) electrons. The van der Waals surface area contributed by atoms with Gasteiger partial charge in [-0.05, 0) is 98.3 Å². The lowest BCUT2D eigenvalue weighted by Crippen LogP contribution is -2.33. The normalized spacial score (nSPS) is 16.2. The van der Waals surface area contributed by atoms with Gasteiger partial charge in [0.1, 0.15) is 17.3 Å². The maximum Gasteiger partial charge on any atom is 0.340 e. The van der Waals surface area contributed by atoms with E-state index in [0.29, 0.717) is 17.1 Å². The van der Waals surface area contributed by atoms with Crippen LogP contribution in [-0.4, -0.2) is 12.5 Å². The lowest BCUT2D eigenvalue weighted by atomic mass is 9.77. The lowest BCUT2D eigenvalue weighted by molar-refractivity contribution is 0.0224. The van der Waals surface area contributed by atoms with Crippen molar-refractivity contribution in [2.24, 2.45) is 0 Å². The van der Waals surface area contributed by atoms with Gasteiger partial charge in [-0.1, -0.05) is 34.1 Å². The lowest BCUT2D eigenvalue weighted by Gasteiger charge is -2.38. The predicted molar refractivity (Wildman–Crippen MR) is 166 cm³/mol. The number of halogens is 2. The highest BCUT2D eigenvalue weighted by molar-refractivity contribution is 9.10. The first-order chi connectivity index (χ1) is 20.4. The van der Waals surface area contributed by atoms with Gasteiger partial charge < -0.3 is 19.7 Å². The number of benzene rings is 5. The number of nitrogens with zero attached hydrogens (tertiary/aromatic N) is 1. The standard InChI is InChI=1S/C35H26BrFN2O3/c1-3-39(25-14-8-22(36)9-15-25)26-16-17-29-33(19-26)41-32-18-21(2)31(38-24-12-10-23(37)11-13-24)20-30(32)35(29)28-7-5-4-6-27(28)34(40)42-35/h4-20,38H,3H2,1-2H3. The molecule has 0 amide bonds. The summed E-state index contributed by atoms with van der Waals surface area (Å²) in [4.78, 5) is 15.5. The molecule has 1 atom stereocenters. The average molecular weight is 622 g/mol. The molecule has 0 aliphatic carbocycles. The molecule has 42 heavy (non-hydrogen) atoms. The number of ether oxygens (including phenoxy) is 2. The first-order valence-electron chi connectivity index (χ1n) is 13.7. The molecule has 2 aliphatic rings. The molecule has 2 heterocycles. The summed E-state index contributed by atoms with van der Waals surface area (Å²) in [7, 11) is 0. The maximum absolute atomic E-state index is 13.6. The predicted octanol–water partition coefficient (Wildman–Crippen LogP) is 9.37. The third kappa shape index (κ3) is 4.15. The first-order valence-corrected chi connectivity index (χ1v) is 14.5. The van der Waals surface area contributed by atoms with Crippen LogP contribution in [0.1, 0.15) is 39.5 Å². The van der Waals surface area contributed by atoms with E-state index in [4.69, 9.17) is 9.47 Å². The van der Waals surface area contributed by atoms with E-state index in [9.17, 15) is 9.18 Å². The van der Waals surface area contributed by atoms with E-state index in [-0.39, 0.29) is 11.8 Å². The van der Waals surface area contributed by atoms with E-state index >= 15 is 0 Å². The number of fused-ring (bicyclic) bond motifs is 6. The largest absolute Gasteiger partial charge is 0.456 e. The molecule has 1 N–H and O–H groups in total. The number of aryl methyl sites for hydroxylation is 1. The minimum absolute atomic E-state index is 0.303. The van der Waals surface area contributed by atoms with Crippen LogP contribution in [0.3, 0.4) is 0 Å². The fraction of sp³-hybridized carbons (Fsp3) is 0.114. The van der Waals surface area contributed by atoms with Crippen molar-refractivity contribution in [3.63, 3.8) is 0 Å². The van der Waals surface area contributed by atoms with Crippen LogP contribution in [0.25, 0.3) is 0 Å². The Hall–Kier alpha value is -4.62. The van der Waals surface area contributed by atoms with E-state index in [1.165, 1.54) is 12.1 Å². The van der Waals surface area contributed by atoms with Crippen LogP contribution in [0.4, 0.5) is 27.1 Å². The van der Waals surface area contributed by atoms with Crippen molar-refractivity contribution < 1.29 is 18.7 Å². The average Bonchev–Trinajstić information content (AvgIpc) is 3.29. The number of carbonyl (C=O) groups excluding carboxylic acids is 1. The Balaban J connectivity index is 1.40. The number of hydrogen-bond donors (Lipinski definition) is 1. The summed E-state index contributed by atoms with van der Waals surface area (Å²) in [5, 5.41) is 3.40. The van der Waals surface area contributed by atoms with Crippen molar-refractivity contribution in [3.05, 3.63) is 141 Å². The molecule has 0 saturated carbocycles. The van der Waals surface area contributed by atoms with E-state index in [1.807, 2.05) is 67.6 Å². The molecule has 1 spiro atoms. The Labute approximate surface area is 251 Å². The Morgan fingerprint density at radius 1 is 0.833 bits per heavy atom. The molecule has 0 bridgehead atoms. The van der Waals surface area contributed by atoms with Crippen LogP contribution >= 0.6 is 15.9 Å². The number of rotatable bonds is 5. The van der Waals surface area contributed by atoms with Gasteiger partial charge in [0.15, 0.2) is 5.60 Å². The Morgan fingerprint density at radius 2 is 1.55 bits per heavy atom. The highest BCUT2D eigenvalue weighted by Gasteiger charge is 2.53. The smallest absolute Gasteiger partial charge is 0.340 e. The zero-order valence-electron chi connectivity index (χ0n) is 22.9. The molecule has 7 rings (SSSR count). The van der Waals surface area contributed by atoms with E-state index in [1.54, 1.807) is 18.2 Å². The molecule has 5 nitrogen and oxygen atoms in total. The summed E-state index contributed by atoms with van der Waals surface area (Å²) >= 11 is 3.52. The minimum Gasteiger partial charge on any atom is -0.456 e. The van der Waals surface area contributed by atoms with E-state index in [2.05, 4.69) is 45.2 Å². The number of nitrogens with one attached hydrogen (secondary N) is 1. The van der Waals surface area contributed by atoms with Gasteiger partial charge in [0, 0.05) is 56.5 Å². The second-order valence-corrected chi connectivity index (χ2v) is 11.3. The molecule has 5 aromatic carbocycles. The molecular weight excluding hydrogens is 595 g/mol. The fourth-order valence-corrected chi connectivity index (χ4v) is 6.20. The zero-order valence-corrected chi connectivity index (χ0v) is 24.5. The van der Waals surface area contributed by atoms with E-state index in [0.717, 1.165) is 56.0 Å². The number of anilines is 4. The van der Waals surface area contributed by atoms with Crippen LogP contribution in [0.5, 0.6) is 11.5 Å². The van der Waals surface area contributed by atoms with Crippen molar-refractivity contribution in [3.8, 4) is 11.5 Å². The second-order valence-electron chi connectivity index (χ2n) is 10.4. The molecular formula is C35H26BrFN2O3. The van der Waals surface area contributed by atoms with E-state index < -0.39 is 5.60 Å². The summed E-state index contributed by atoms with van der Waals surface area (Å²) in [6.45, 7) is 4.83. The Morgan fingerprint density at radius 3 is 2.31 bits per heavy atom. The van der Waals surface area contributed by atoms with Crippen LogP contribution in [0.15, 0.2) is 108 Å². The van der Waals surface area contributed by atoms with Gasteiger partial charge in [0.05, 0.1) is 5.56 Å². The minimum atomic E-state index is -1.20. The molecule has 5 aromatic rings. The van der Waals surface area contributed by atoms with Gasteiger partial charge in [-0.25, -0.2) is 9.18 Å². The van der Waals surface area contributed by atoms with Crippen LogP contribution in [0, 0.1) is 12.7 Å². The van der Waals surface area contributed by atoms with Gasteiger partial charge in [-0.15, -0.1) is 0 Å². The van der Waals surface area contributed by atoms with Crippen LogP contribution < -0.4 is 15.0 Å². The van der Waals surface area contributed by atoms with Gasteiger partial charge in [-0.3, -0.25) is 0 Å². The summed E-state index contributed by atoms with van der Waals surface area (Å²) < 4.78 is 27.6. The van der Waals surface area contributed by atoms with Crippen molar-refractivity contribution >= 4 is 44.6 Å². The SMILES string of the molecule is CCN(c1ccc(Br)cc1)c1ccc2c(c1)Oc1cc(C)c(Nc3ccc(F)cc3)cc1C21OC(=O)c2ccccc21. The van der Waals surface area contributed by atoms with Gasteiger partial charge in [0.25, 0.3) is 0 Å². The number of carbonyl (C=O) groups is 1. The van der Waals surface area contributed by atoms with Gasteiger partial charge in [0.2, 0.25) is 0 Å². The summed E-state index contributed by atoms with van der Waals surface area (Å²) in [6, 6.07) is 31.9. The quantitative estimate of drug-likeness (QED) is 0.198. The molecule has 7 heteroatoms. The topological polar surface area (TPSA) is 50.8 Å². The molecule has 208 valence electrons. The summed E-state index contributed by atoms with van der Waals surface area (Å²) in [5.41, 5.74) is 6.05. The van der Waals surface area contributed by atoms with Crippen molar-refractivity contribution in [1.82, 2.24) is 0 Å². The number of hydrogen-bond acceptors (Lipinski definition) is 5. The highest BCUT2D eigenvalue weighted by atomic mass is 79.9. The molecule has 0 aromatic heterocycles. The fourth-order valence-electron chi connectivity index (χ4n) is 5.93.